The van der Waals surface area contributed by atoms with Crippen LogP contribution in [0, 0.1) is 11.2 Å². The van der Waals surface area contributed by atoms with Crippen molar-refractivity contribution < 1.29 is 37.3 Å². The Morgan fingerprint density at radius 2 is 1.78 bits per heavy atom. The minimum atomic E-state index is -5.08. The maximum absolute atomic E-state index is 14.2. The zero-order chi connectivity index (χ0) is 27.5. The van der Waals surface area contributed by atoms with Crippen molar-refractivity contribution in [3.05, 3.63) is 59.7 Å². The maximum atomic E-state index is 14.2. The van der Waals surface area contributed by atoms with Crippen molar-refractivity contribution in [3.63, 3.8) is 0 Å². The smallest absolute Gasteiger partial charge is 0.490 e. The molecule has 36 heavy (non-hydrogen) atoms. The Labute approximate surface area is 205 Å². The molecular formula is C23H27F4N5O4. The van der Waals surface area contributed by atoms with E-state index in [1.165, 1.54) is 6.07 Å². The summed E-state index contributed by atoms with van der Waals surface area (Å²) in [6, 6.07) is 8.25. The van der Waals surface area contributed by atoms with E-state index in [1.807, 2.05) is 17.0 Å². The molecule has 0 saturated carbocycles. The number of carboxylic acid groups (broad SMARTS) is 1. The van der Waals surface area contributed by atoms with Crippen LogP contribution in [0.3, 0.4) is 0 Å². The molecule has 1 aliphatic heterocycles. The van der Waals surface area contributed by atoms with Crippen LogP contribution in [0.25, 0.3) is 6.08 Å². The van der Waals surface area contributed by atoms with E-state index in [0.717, 1.165) is 11.3 Å². The Kier molecular flexibility index (Phi) is 11.5. The molecule has 0 radical (unpaired) electrons. The normalized spacial score (nSPS) is 15.1. The molecule has 9 nitrogen and oxygen atoms in total. The largest absolute Gasteiger partial charge is 0.505 e. The van der Waals surface area contributed by atoms with Crippen LogP contribution in [0.5, 0.6) is 5.75 Å². The standard InChI is InChI=1S/C19H20FN5O.C2HF3O2.C2H6O/c1-24(2)19(21)23-18-14(12-13-4-3-5-16(26)17(13)20)8-11-25(18)15-6-9-22-10-7-15;3-2(4,5)1(6)7;1-3-2/h3-7,9-10,12,21,26H,8,11H2,1-2H3;(H,6,7);1-2H3/b14-12+,21-19?,23-18?;;. The van der Waals surface area contributed by atoms with Crippen LogP contribution in [-0.2, 0) is 9.53 Å². The average Bonchev–Trinajstić information content (AvgIpc) is 3.19. The van der Waals surface area contributed by atoms with Gasteiger partial charge in [-0.2, -0.15) is 18.2 Å². The number of methoxy groups -OCH3 is 1. The highest BCUT2D eigenvalue weighted by Crippen LogP contribution is 2.29. The van der Waals surface area contributed by atoms with Crippen LogP contribution in [0.1, 0.15) is 12.0 Å². The van der Waals surface area contributed by atoms with Crippen molar-refractivity contribution in [3.8, 4) is 5.75 Å². The third kappa shape index (κ3) is 8.98. The molecule has 0 spiro atoms. The highest BCUT2D eigenvalue weighted by atomic mass is 19.4. The number of phenolic OH excluding ortho intramolecular Hbond substituents is 1. The lowest BCUT2D eigenvalue weighted by Gasteiger charge is -2.20. The van der Waals surface area contributed by atoms with Gasteiger partial charge in [0.05, 0.1) is 0 Å². The number of amidine groups is 1. The molecule has 1 aliphatic rings. The zero-order valence-corrected chi connectivity index (χ0v) is 20.0. The van der Waals surface area contributed by atoms with Crippen molar-refractivity contribution in [1.29, 1.82) is 5.41 Å². The summed E-state index contributed by atoms with van der Waals surface area (Å²) in [6.45, 7) is 0.663. The number of ether oxygens (including phenoxy) is 1. The molecule has 3 N–H and O–H groups in total. The molecule has 1 aromatic carbocycles. The van der Waals surface area contributed by atoms with Crippen LogP contribution in [0.15, 0.2) is 53.3 Å². The number of alkyl halides is 3. The summed E-state index contributed by atoms with van der Waals surface area (Å²) in [4.78, 5) is 20.9. The third-order valence-corrected chi connectivity index (χ3v) is 4.34. The number of hydrogen-bond donors (Lipinski definition) is 3. The SMILES string of the molecule is CN(C)C(=N)N=C1/C(=C/c2cccc(O)c2F)CCN1c1ccncc1.COC.O=C(O)C(F)(F)F. The van der Waals surface area contributed by atoms with Crippen LogP contribution >= 0.6 is 0 Å². The fraction of sp³-hybridized carbons (Fsp3) is 0.304. The van der Waals surface area contributed by atoms with E-state index in [4.69, 9.17) is 15.3 Å². The minimum absolute atomic E-state index is 0.100. The summed E-state index contributed by atoms with van der Waals surface area (Å²) in [5.41, 5.74) is 2.00. The van der Waals surface area contributed by atoms with Gasteiger partial charge in [0.1, 0.15) is 5.84 Å². The number of aromatic hydroxyl groups is 1. The second kappa shape index (κ2) is 13.8. The molecule has 2 aromatic rings. The molecule has 0 aliphatic carbocycles. The lowest BCUT2D eigenvalue weighted by atomic mass is 10.1. The van der Waals surface area contributed by atoms with Gasteiger partial charge in [-0.25, -0.2) is 9.18 Å². The third-order valence-electron chi connectivity index (χ3n) is 4.34. The van der Waals surface area contributed by atoms with Crippen molar-refractivity contribution in [1.82, 2.24) is 9.88 Å². The van der Waals surface area contributed by atoms with E-state index in [1.54, 1.807) is 63.8 Å². The lowest BCUT2D eigenvalue weighted by molar-refractivity contribution is -0.192. The summed E-state index contributed by atoms with van der Waals surface area (Å²) in [7, 11) is 6.74. The molecule has 0 bridgehead atoms. The first-order valence-electron chi connectivity index (χ1n) is 10.2. The van der Waals surface area contributed by atoms with Crippen molar-refractivity contribution >= 4 is 29.5 Å². The number of benzene rings is 1. The molecule has 1 fully saturated rings. The fourth-order valence-corrected chi connectivity index (χ4v) is 2.70. The molecule has 0 atom stereocenters. The van der Waals surface area contributed by atoms with Gasteiger partial charge in [-0.15, -0.1) is 0 Å². The van der Waals surface area contributed by atoms with Gasteiger partial charge in [-0.3, -0.25) is 10.4 Å². The number of nitrogens with zero attached hydrogens (tertiary/aromatic N) is 4. The quantitative estimate of drug-likeness (QED) is 0.315. The topological polar surface area (TPSA) is 122 Å². The number of aromatic nitrogens is 1. The van der Waals surface area contributed by atoms with Gasteiger partial charge in [0, 0.05) is 58.5 Å². The van der Waals surface area contributed by atoms with E-state index in [9.17, 15) is 22.7 Å². The Bertz CT molecular complexity index is 1090. The monoisotopic (exact) mass is 513 g/mol. The predicted octanol–water partition coefficient (Wildman–Crippen LogP) is 4.01. The van der Waals surface area contributed by atoms with Crippen molar-refractivity contribution in [2.24, 2.45) is 4.99 Å². The molecule has 2 heterocycles. The van der Waals surface area contributed by atoms with E-state index in [2.05, 4.69) is 14.7 Å². The number of guanidine groups is 1. The van der Waals surface area contributed by atoms with Crippen LogP contribution in [-0.4, -0.2) is 78.9 Å². The molecule has 13 heteroatoms. The van der Waals surface area contributed by atoms with Gasteiger partial charge in [-0.1, -0.05) is 12.1 Å². The highest BCUT2D eigenvalue weighted by Gasteiger charge is 2.38. The molecule has 0 amide bonds. The number of carbonyl (C=O) groups is 1. The Balaban J connectivity index is 0.000000552. The predicted molar refractivity (Wildman–Crippen MR) is 128 cm³/mol. The molecule has 1 saturated heterocycles. The summed E-state index contributed by atoms with van der Waals surface area (Å²) in [5, 5.41) is 24.8. The number of aliphatic carboxylic acids is 1. The number of hydrogen-bond acceptors (Lipinski definition) is 5. The average molecular weight is 513 g/mol. The van der Waals surface area contributed by atoms with E-state index >= 15 is 0 Å². The fourth-order valence-electron chi connectivity index (χ4n) is 2.70. The molecule has 1 aromatic heterocycles. The van der Waals surface area contributed by atoms with Crippen LogP contribution < -0.4 is 4.90 Å². The molecular weight excluding hydrogens is 486 g/mol. The Morgan fingerprint density at radius 1 is 1.22 bits per heavy atom. The highest BCUT2D eigenvalue weighted by molar-refractivity contribution is 6.17. The van der Waals surface area contributed by atoms with Crippen molar-refractivity contribution in [2.75, 3.05) is 39.8 Å². The van der Waals surface area contributed by atoms with Gasteiger partial charge in [0.15, 0.2) is 11.6 Å². The van der Waals surface area contributed by atoms with Crippen LogP contribution in [0.2, 0.25) is 0 Å². The number of nitrogens with one attached hydrogen (secondary N) is 1. The number of phenols is 1. The number of anilines is 1. The summed E-state index contributed by atoms with van der Waals surface area (Å²) in [5.74, 6) is -3.11. The number of aliphatic imine (C=N–C) groups is 1. The van der Waals surface area contributed by atoms with E-state index in [0.29, 0.717) is 24.4 Å². The van der Waals surface area contributed by atoms with Gasteiger partial charge in [0.25, 0.3) is 0 Å². The molecule has 3 rings (SSSR count). The van der Waals surface area contributed by atoms with Crippen molar-refractivity contribution in [2.45, 2.75) is 12.6 Å². The molecule has 196 valence electrons. The first-order valence-corrected chi connectivity index (χ1v) is 10.2. The van der Waals surface area contributed by atoms with E-state index in [-0.39, 0.29) is 11.7 Å². The first kappa shape index (κ1) is 30.0. The zero-order valence-electron chi connectivity index (χ0n) is 20.0. The number of halogens is 4. The Morgan fingerprint density at radius 3 is 2.28 bits per heavy atom. The number of carboxylic acids is 1. The Hall–Kier alpha value is -4.00. The van der Waals surface area contributed by atoms with Gasteiger partial charge in [-0.05, 0) is 36.3 Å². The second-order valence-electron chi connectivity index (χ2n) is 7.32. The van der Waals surface area contributed by atoms with Gasteiger partial charge in [0.2, 0.25) is 5.96 Å². The lowest BCUT2D eigenvalue weighted by Crippen LogP contribution is -2.28. The second-order valence-corrected chi connectivity index (χ2v) is 7.32. The number of rotatable bonds is 2. The summed E-state index contributed by atoms with van der Waals surface area (Å²) >= 11 is 0. The first-order chi connectivity index (χ1) is 16.8. The maximum Gasteiger partial charge on any atom is 0.490 e. The van der Waals surface area contributed by atoms with Gasteiger partial charge >= 0.3 is 12.1 Å². The summed E-state index contributed by atoms with van der Waals surface area (Å²) < 4.78 is 50.2. The van der Waals surface area contributed by atoms with Crippen LogP contribution in [0.4, 0.5) is 23.2 Å². The van der Waals surface area contributed by atoms with E-state index < -0.39 is 18.0 Å². The minimum Gasteiger partial charge on any atom is -0.505 e. The number of pyridine rings is 1. The summed E-state index contributed by atoms with van der Waals surface area (Å²) in [6.07, 6.45) is 0.636. The molecule has 0 unspecified atom stereocenters. The van der Waals surface area contributed by atoms with Gasteiger partial charge < -0.3 is 24.7 Å².